The number of fused-ring (bicyclic) bond motifs is 1. The van der Waals surface area contributed by atoms with Crippen LogP contribution in [-0.2, 0) is 11.2 Å². The van der Waals surface area contributed by atoms with Crippen LogP contribution in [0.5, 0.6) is 0 Å². The minimum Gasteiger partial charge on any atom is -0.446 e. The Kier molecular flexibility index (Phi) is 3.66. The topological polar surface area (TPSA) is 42.4 Å². The van der Waals surface area contributed by atoms with E-state index in [0.29, 0.717) is 6.54 Å². The van der Waals surface area contributed by atoms with Gasteiger partial charge in [-0.3, -0.25) is 9.88 Å². The summed E-state index contributed by atoms with van der Waals surface area (Å²) >= 11 is 3.38. The fraction of sp³-hybridized carbons (Fsp3) is 0.500. The van der Waals surface area contributed by atoms with E-state index in [2.05, 4.69) is 20.9 Å². The Labute approximate surface area is 109 Å². The quantitative estimate of drug-likeness (QED) is 0.800. The molecule has 0 fully saturated rings. The van der Waals surface area contributed by atoms with Crippen LogP contribution >= 0.6 is 15.9 Å². The normalized spacial score (nSPS) is 14.7. The summed E-state index contributed by atoms with van der Waals surface area (Å²) in [5.74, 6) is 0. The van der Waals surface area contributed by atoms with Gasteiger partial charge in [0.25, 0.3) is 0 Å². The Morgan fingerprint density at radius 1 is 1.59 bits per heavy atom. The van der Waals surface area contributed by atoms with Crippen LogP contribution in [0.3, 0.4) is 0 Å². The van der Waals surface area contributed by atoms with Gasteiger partial charge in [0.1, 0.15) is 0 Å². The number of halogens is 1. The Morgan fingerprint density at radius 3 is 3.06 bits per heavy atom. The van der Waals surface area contributed by atoms with Crippen molar-refractivity contribution in [3.63, 3.8) is 0 Å². The molecule has 0 radical (unpaired) electrons. The summed E-state index contributed by atoms with van der Waals surface area (Å²) in [5, 5.41) is 0. The Hall–Kier alpha value is -1.10. The van der Waals surface area contributed by atoms with E-state index in [-0.39, 0.29) is 12.2 Å². The van der Waals surface area contributed by atoms with E-state index in [4.69, 9.17) is 4.74 Å². The number of rotatable bonds is 1. The summed E-state index contributed by atoms with van der Waals surface area (Å²) in [6.07, 6.45) is 3.20. The molecule has 1 aliphatic rings. The van der Waals surface area contributed by atoms with Crippen molar-refractivity contribution in [3.8, 4) is 0 Å². The molecule has 0 unspecified atom stereocenters. The van der Waals surface area contributed by atoms with Crippen LogP contribution in [0.1, 0.15) is 26.0 Å². The third kappa shape index (κ3) is 2.77. The maximum Gasteiger partial charge on any atom is 0.414 e. The van der Waals surface area contributed by atoms with Gasteiger partial charge in [-0.25, -0.2) is 4.79 Å². The van der Waals surface area contributed by atoms with Gasteiger partial charge in [0.05, 0.1) is 17.5 Å². The number of carbonyl (C=O) groups excluding carboxylic acids is 1. The van der Waals surface area contributed by atoms with E-state index < -0.39 is 0 Å². The zero-order chi connectivity index (χ0) is 12.4. The molecule has 0 saturated carbocycles. The summed E-state index contributed by atoms with van der Waals surface area (Å²) < 4.78 is 6.11. The van der Waals surface area contributed by atoms with E-state index in [1.165, 1.54) is 0 Å². The largest absolute Gasteiger partial charge is 0.446 e. The molecule has 0 bridgehead atoms. The first kappa shape index (κ1) is 12.4. The van der Waals surface area contributed by atoms with Crippen LogP contribution in [-0.4, -0.2) is 23.7 Å². The lowest BCUT2D eigenvalue weighted by molar-refractivity contribution is 0.122. The highest BCUT2D eigenvalue weighted by Gasteiger charge is 2.25. The lowest BCUT2D eigenvalue weighted by Gasteiger charge is -2.28. The van der Waals surface area contributed by atoms with E-state index in [1.54, 1.807) is 11.1 Å². The fourth-order valence-corrected chi connectivity index (χ4v) is 2.18. The van der Waals surface area contributed by atoms with Gasteiger partial charge in [-0.2, -0.15) is 0 Å². The Bertz CT molecular complexity index is 435. The van der Waals surface area contributed by atoms with E-state index in [9.17, 15) is 4.79 Å². The van der Waals surface area contributed by atoms with Crippen molar-refractivity contribution in [2.24, 2.45) is 0 Å². The predicted octanol–water partition coefficient (Wildman–Crippen LogP) is 3.14. The van der Waals surface area contributed by atoms with Gasteiger partial charge in [-0.05, 0) is 48.7 Å². The molecule has 5 heteroatoms. The van der Waals surface area contributed by atoms with Crippen molar-refractivity contribution in [3.05, 3.63) is 22.4 Å². The number of nitrogens with zero attached hydrogens (tertiary/aromatic N) is 2. The van der Waals surface area contributed by atoms with Crippen molar-refractivity contribution in [2.45, 2.75) is 32.8 Å². The number of carbonyl (C=O) groups is 1. The first-order valence-electron chi connectivity index (χ1n) is 5.70. The maximum atomic E-state index is 11.9. The molecular weight excluding hydrogens is 284 g/mol. The van der Waals surface area contributed by atoms with Gasteiger partial charge < -0.3 is 4.74 Å². The van der Waals surface area contributed by atoms with Gasteiger partial charge in [0.2, 0.25) is 0 Å². The highest BCUT2D eigenvalue weighted by molar-refractivity contribution is 9.10. The minimum absolute atomic E-state index is 0.104. The molecule has 1 aromatic heterocycles. The first-order chi connectivity index (χ1) is 8.08. The number of aryl methyl sites for hydroxylation is 1. The summed E-state index contributed by atoms with van der Waals surface area (Å²) in [6.45, 7) is 4.39. The number of hydrogen-bond donors (Lipinski definition) is 0. The molecule has 0 aromatic carbocycles. The van der Waals surface area contributed by atoms with Crippen LogP contribution in [0.4, 0.5) is 10.5 Å². The number of pyridine rings is 1. The molecule has 17 heavy (non-hydrogen) atoms. The smallest absolute Gasteiger partial charge is 0.414 e. The van der Waals surface area contributed by atoms with Crippen LogP contribution in [0, 0.1) is 0 Å². The summed E-state index contributed by atoms with van der Waals surface area (Å²) in [6, 6.07) is 1.92. The van der Waals surface area contributed by atoms with Crippen LogP contribution in [0.25, 0.3) is 0 Å². The number of anilines is 1. The van der Waals surface area contributed by atoms with Gasteiger partial charge in [-0.1, -0.05) is 0 Å². The lowest BCUT2D eigenvalue weighted by atomic mass is 10.1. The fourth-order valence-electron chi connectivity index (χ4n) is 1.86. The second-order valence-electron chi connectivity index (χ2n) is 4.31. The van der Waals surface area contributed by atoms with Crippen LogP contribution < -0.4 is 4.90 Å². The van der Waals surface area contributed by atoms with Gasteiger partial charge in [0.15, 0.2) is 0 Å². The highest BCUT2D eigenvalue weighted by Crippen LogP contribution is 2.28. The molecule has 0 N–H and O–H groups in total. The third-order valence-electron chi connectivity index (χ3n) is 2.56. The molecule has 0 aliphatic carbocycles. The standard InChI is InChI=1S/C12H15BrN2O2/c1-8(2)17-12(16)15-5-3-4-10-11(15)6-9(13)7-14-10/h6-8H,3-5H2,1-2H3. The zero-order valence-corrected chi connectivity index (χ0v) is 11.5. The number of amides is 1. The first-order valence-corrected chi connectivity index (χ1v) is 6.50. The van der Waals surface area contributed by atoms with Crippen LogP contribution in [0.15, 0.2) is 16.7 Å². The highest BCUT2D eigenvalue weighted by atomic mass is 79.9. The van der Waals surface area contributed by atoms with Crippen molar-refractivity contribution >= 4 is 27.7 Å². The molecule has 0 atom stereocenters. The Morgan fingerprint density at radius 2 is 2.35 bits per heavy atom. The number of ether oxygens (including phenoxy) is 1. The van der Waals surface area contributed by atoms with Gasteiger partial charge in [-0.15, -0.1) is 0 Å². The molecule has 1 amide bonds. The van der Waals surface area contributed by atoms with Gasteiger partial charge in [0, 0.05) is 17.2 Å². The van der Waals surface area contributed by atoms with E-state index in [1.807, 2.05) is 19.9 Å². The maximum absolute atomic E-state index is 11.9. The summed E-state index contributed by atoms with van der Waals surface area (Å²) in [4.78, 5) is 17.9. The number of hydrogen-bond acceptors (Lipinski definition) is 3. The molecule has 1 aliphatic heterocycles. The second-order valence-corrected chi connectivity index (χ2v) is 5.22. The predicted molar refractivity (Wildman–Crippen MR) is 69.2 cm³/mol. The number of aromatic nitrogens is 1. The molecule has 4 nitrogen and oxygen atoms in total. The Balaban J connectivity index is 2.27. The average Bonchev–Trinajstić information content (AvgIpc) is 2.27. The molecule has 2 heterocycles. The molecule has 1 aromatic rings. The molecule has 92 valence electrons. The van der Waals surface area contributed by atoms with Crippen molar-refractivity contribution < 1.29 is 9.53 Å². The lowest BCUT2D eigenvalue weighted by Crippen LogP contribution is -2.37. The molecular formula is C12H15BrN2O2. The van der Waals surface area contributed by atoms with Gasteiger partial charge >= 0.3 is 6.09 Å². The molecule has 2 rings (SSSR count). The second kappa shape index (κ2) is 5.04. The monoisotopic (exact) mass is 298 g/mol. The van der Waals surface area contributed by atoms with Crippen molar-refractivity contribution in [2.75, 3.05) is 11.4 Å². The van der Waals surface area contributed by atoms with Crippen molar-refractivity contribution in [1.82, 2.24) is 4.98 Å². The van der Waals surface area contributed by atoms with E-state index >= 15 is 0 Å². The molecule has 0 saturated heterocycles. The van der Waals surface area contributed by atoms with Crippen LogP contribution in [0.2, 0.25) is 0 Å². The summed E-state index contributed by atoms with van der Waals surface area (Å²) in [7, 11) is 0. The van der Waals surface area contributed by atoms with Crippen molar-refractivity contribution in [1.29, 1.82) is 0 Å². The molecule has 0 spiro atoms. The zero-order valence-electron chi connectivity index (χ0n) is 9.94. The van der Waals surface area contributed by atoms with E-state index in [0.717, 1.165) is 28.7 Å². The third-order valence-corrected chi connectivity index (χ3v) is 2.99. The average molecular weight is 299 g/mol. The summed E-state index contributed by atoms with van der Waals surface area (Å²) in [5.41, 5.74) is 1.82. The minimum atomic E-state index is -0.291. The SMILES string of the molecule is CC(C)OC(=O)N1CCCc2ncc(Br)cc21.